The third kappa shape index (κ3) is 3.13. The van der Waals surface area contributed by atoms with Gasteiger partial charge in [-0.2, -0.15) is 10.2 Å². The van der Waals surface area contributed by atoms with E-state index in [9.17, 15) is 4.79 Å². The highest BCUT2D eigenvalue weighted by atomic mass is 16.1. The van der Waals surface area contributed by atoms with Crippen molar-refractivity contribution in [3.63, 3.8) is 0 Å². The van der Waals surface area contributed by atoms with Crippen LogP contribution in [0, 0.1) is 13.8 Å². The molecule has 0 unspecified atom stereocenters. The van der Waals surface area contributed by atoms with Crippen LogP contribution in [-0.2, 0) is 6.54 Å². The molecule has 0 spiro atoms. The molecule has 0 atom stereocenters. The third-order valence-corrected chi connectivity index (χ3v) is 2.60. The van der Waals surface area contributed by atoms with Crippen LogP contribution in [0.3, 0.4) is 0 Å². The van der Waals surface area contributed by atoms with Crippen molar-refractivity contribution in [2.75, 3.05) is 0 Å². The maximum atomic E-state index is 11.8. The fourth-order valence-electron chi connectivity index (χ4n) is 1.50. The Bertz CT molecular complexity index is 532. The van der Waals surface area contributed by atoms with Gasteiger partial charge in [-0.05, 0) is 38.1 Å². The lowest BCUT2D eigenvalue weighted by Gasteiger charge is -2.04. The van der Waals surface area contributed by atoms with E-state index >= 15 is 0 Å². The van der Waals surface area contributed by atoms with Crippen molar-refractivity contribution in [1.29, 1.82) is 0 Å². The quantitative estimate of drug-likeness (QED) is 0.894. The monoisotopic (exact) mass is 241 g/mol. The first kappa shape index (κ1) is 12.2. The summed E-state index contributed by atoms with van der Waals surface area (Å²) in [6.45, 7) is 4.26. The summed E-state index contributed by atoms with van der Waals surface area (Å²) >= 11 is 0. The van der Waals surface area contributed by atoms with Crippen LogP contribution in [0.4, 0.5) is 0 Å². The van der Waals surface area contributed by atoms with E-state index < -0.39 is 0 Å². The van der Waals surface area contributed by atoms with Gasteiger partial charge < -0.3 is 5.32 Å². The minimum atomic E-state index is -0.0997. The molecule has 0 aliphatic heterocycles. The van der Waals surface area contributed by atoms with Crippen LogP contribution in [0.1, 0.15) is 27.3 Å². The summed E-state index contributed by atoms with van der Waals surface area (Å²) in [7, 11) is 0. The molecule has 1 aromatic heterocycles. The van der Waals surface area contributed by atoms with Gasteiger partial charge in [0.2, 0.25) is 0 Å². The van der Waals surface area contributed by atoms with Gasteiger partial charge in [0.25, 0.3) is 5.91 Å². The first-order valence-corrected chi connectivity index (χ1v) is 5.79. The predicted octanol–water partition coefficient (Wildman–Crippen LogP) is 2.02. The molecule has 1 heterocycles. The van der Waals surface area contributed by atoms with E-state index in [0.29, 0.717) is 12.1 Å². The Balaban J connectivity index is 1.96. The number of nitrogens with one attached hydrogen (secondary N) is 1. The van der Waals surface area contributed by atoms with E-state index in [-0.39, 0.29) is 5.91 Å². The van der Waals surface area contributed by atoms with Gasteiger partial charge in [0.05, 0.1) is 17.9 Å². The second-order valence-corrected chi connectivity index (χ2v) is 4.21. The average Bonchev–Trinajstić information content (AvgIpc) is 2.38. The topological polar surface area (TPSA) is 54.9 Å². The first-order valence-electron chi connectivity index (χ1n) is 5.79. The zero-order chi connectivity index (χ0) is 13.0. The molecule has 0 bridgehead atoms. The maximum absolute atomic E-state index is 11.8. The molecule has 1 aromatic carbocycles. The molecule has 4 heteroatoms. The Hall–Kier alpha value is -2.23. The lowest BCUT2D eigenvalue weighted by atomic mass is 10.1. The summed E-state index contributed by atoms with van der Waals surface area (Å²) in [5.74, 6) is -0.0997. The fraction of sp³-hybridized carbons (Fsp3) is 0.214. The van der Waals surface area contributed by atoms with Crippen molar-refractivity contribution in [1.82, 2.24) is 15.5 Å². The van der Waals surface area contributed by atoms with E-state index in [1.54, 1.807) is 0 Å². The number of amides is 1. The second kappa shape index (κ2) is 5.40. The second-order valence-electron chi connectivity index (χ2n) is 4.21. The lowest BCUT2D eigenvalue weighted by Crippen LogP contribution is -2.23. The minimum Gasteiger partial charge on any atom is -0.346 e. The molecule has 0 saturated carbocycles. The summed E-state index contributed by atoms with van der Waals surface area (Å²) in [5.41, 5.74) is 3.40. The number of aromatic nitrogens is 2. The highest BCUT2D eigenvalue weighted by Gasteiger charge is 2.05. The van der Waals surface area contributed by atoms with Gasteiger partial charge in [0, 0.05) is 5.56 Å². The largest absolute Gasteiger partial charge is 0.346 e. The van der Waals surface area contributed by atoms with Crippen LogP contribution in [0.25, 0.3) is 0 Å². The van der Waals surface area contributed by atoms with Gasteiger partial charge in [0.1, 0.15) is 0 Å². The molecular formula is C14H15N3O. The van der Waals surface area contributed by atoms with Crippen molar-refractivity contribution in [2.45, 2.75) is 20.4 Å². The predicted molar refractivity (Wildman–Crippen MR) is 69.1 cm³/mol. The minimum absolute atomic E-state index is 0.0997. The first-order chi connectivity index (χ1) is 8.65. The standard InChI is InChI=1S/C14H15N3O/c1-10-3-6-12(7-4-10)14(18)15-9-13-8-5-11(2)16-17-13/h3-8H,9H2,1-2H3,(H,15,18). The van der Waals surface area contributed by atoms with Crippen LogP contribution < -0.4 is 5.32 Å². The number of nitrogens with zero attached hydrogens (tertiary/aromatic N) is 2. The average molecular weight is 241 g/mol. The molecule has 0 aliphatic rings. The molecule has 2 aromatic rings. The molecule has 0 fully saturated rings. The van der Waals surface area contributed by atoms with Gasteiger partial charge in [-0.3, -0.25) is 4.79 Å². The van der Waals surface area contributed by atoms with Crippen LogP contribution in [0.15, 0.2) is 36.4 Å². The number of carbonyl (C=O) groups is 1. The molecule has 2 rings (SSSR count). The van der Waals surface area contributed by atoms with Crippen LogP contribution in [0.2, 0.25) is 0 Å². The number of aryl methyl sites for hydroxylation is 2. The summed E-state index contributed by atoms with van der Waals surface area (Å²) < 4.78 is 0. The molecule has 4 nitrogen and oxygen atoms in total. The van der Waals surface area contributed by atoms with E-state index in [1.165, 1.54) is 0 Å². The fourth-order valence-corrected chi connectivity index (χ4v) is 1.50. The lowest BCUT2D eigenvalue weighted by molar-refractivity contribution is 0.0950. The number of benzene rings is 1. The van der Waals surface area contributed by atoms with Gasteiger partial charge in [-0.25, -0.2) is 0 Å². The molecule has 92 valence electrons. The summed E-state index contributed by atoms with van der Waals surface area (Å²) in [6, 6.07) is 11.2. The Morgan fingerprint density at radius 1 is 1.06 bits per heavy atom. The Morgan fingerprint density at radius 2 is 1.78 bits per heavy atom. The van der Waals surface area contributed by atoms with Crippen LogP contribution in [0.5, 0.6) is 0 Å². The summed E-state index contributed by atoms with van der Waals surface area (Å²) in [5, 5.41) is 10.7. The summed E-state index contributed by atoms with van der Waals surface area (Å²) in [4.78, 5) is 11.8. The van der Waals surface area contributed by atoms with Crippen molar-refractivity contribution in [3.8, 4) is 0 Å². The highest BCUT2D eigenvalue weighted by Crippen LogP contribution is 2.03. The van der Waals surface area contributed by atoms with E-state index in [4.69, 9.17) is 0 Å². The van der Waals surface area contributed by atoms with E-state index in [2.05, 4.69) is 15.5 Å². The zero-order valence-corrected chi connectivity index (χ0v) is 10.5. The number of hydrogen-bond acceptors (Lipinski definition) is 3. The Labute approximate surface area is 106 Å². The molecule has 18 heavy (non-hydrogen) atoms. The smallest absolute Gasteiger partial charge is 0.251 e. The molecule has 0 radical (unpaired) electrons. The van der Waals surface area contributed by atoms with E-state index in [1.807, 2.05) is 50.2 Å². The van der Waals surface area contributed by atoms with Crippen LogP contribution >= 0.6 is 0 Å². The summed E-state index contributed by atoms with van der Waals surface area (Å²) in [6.07, 6.45) is 0. The van der Waals surface area contributed by atoms with Gasteiger partial charge in [-0.15, -0.1) is 0 Å². The Morgan fingerprint density at radius 3 is 2.39 bits per heavy atom. The highest BCUT2D eigenvalue weighted by molar-refractivity contribution is 5.94. The van der Waals surface area contributed by atoms with Crippen molar-refractivity contribution in [2.24, 2.45) is 0 Å². The molecule has 0 aliphatic carbocycles. The molecule has 1 amide bonds. The maximum Gasteiger partial charge on any atom is 0.251 e. The zero-order valence-electron chi connectivity index (χ0n) is 10.5. The number of hydrogen-bond donors (Lipinski definition) is 1. The van der Waals surface area contributed by atoms with Crippen LogP contribution in [-0.4, -0.2) is 16.1 Å². The van der Waals surface area contributed by atoms with Gasteiger partial charge in [0.15, 0.2) is 0 Å². The van der Waals surface area contributed by atoms with Crippen molar-refractivity contribution < 1.29 is 4.79 Å². The SMILES string of the molecule is Cc1ccc(C(=O)NCc2ccc(C)nn2)cc1. The number of carbonyl (C=O) groups excluding carboxylic acids is 1. The number of rotatable bonds is 3. The Kier molecular flexibility index (Phi) is 3.67. The third-order valence-electron chi connectivity index (χ3n) is 2.60. The molecular weight excluding hydrogens is 226 g/mol. The van der Waals surface area contributed by atoms with Gasteiger partial charge >= 0.3 is 0 Å². The van der Waals surface area contributed by atoms with Gasteiger partial charge in [-0.1, -0.05) is 17.7 Å². The molecule has 0 saturated heterocycles. The normalized spacial score (nSPS) is 10.1. The van der Waals surface area contributed by atoms with Crippen molar-refractivity contribution >= 4 is 5.91 Å². The van der Waals surface area contributed by atoms with E-state index in [0.717, 1.165) is 17.0 Å². The van der Waals surface area contributed by atoms with Crippen molar-refractivity contribution in [3.05, 3.63) is 58.9 Å². The molecule has 1 N–H and O–H groups in total.